The van der Waals surface area contributed by atoms with E-state index in [0.717, 1.165) is 30.8 Å². The van der Waals surface area contributed by atoms with E-state index in [1.54, 1.807) is 14.2 Å². The van der Waals surface area contributed by atoms with Gasteiger partial charge in [-0.1, -0.05) is 30.3 Å². The van der Waals surface area contributed by atoms with Crippen molar-refractivity contribution < 1.29 is 19.4 Å². The standard InChI is InChI=1S/C21H25NO4.ClH/c1-25-19-12-16-10-11-22(14-15-6-4-3-5-7-15)18(8-9-21(23)24)17(16)13-20(19)26-2;/h3-7,12-13,18H,8-11,14H2,1-2H3,(H,23,24);1H. The van der Waals surface area contributed by atoms with Crippen LogP contribution in [0.3, 0.4) is 0 Å². The maximum Gasteiger partial charge on any atom is 0.303 e. The van der Waals surface area contributed by atoms with Gasteiger partial charge in [-0.2, -0.15) is 0 Å². The van der Waals surface area contributed by atoms with Crippen molar-refractivity contribution in [1.29, 1.82) is 0 Å². The summed E-state index contributed by atoms with van der Waals surface area (Å²) < 4.78 is 10.9. The highest BCUT2D eigenvalue weighted by molar-refractivity contribution is 5.85. The molecular weight excluding hydrogens is 366 g/mol. The van der Waals surface area contributed by atoms with Crippen LogP contribution in [0.25, 0.3) is 0 Å². The Kier molecular flexibility index (Phi) is 7.51. The number of methoxy groups -OCH3 is 2. The second-order valence-corrected chi connectivity index (χ2v) is 6.56. The van der Waals surface area contributed by atoms with Crippen molar-refractivity contribution in [1.82, 2.24) is 4.90 Å². The summed E-state index contributed by atoms with van der Waals surface area (Å²) in [6, 6.07) is 14.4. The Labute approximate surface area is 166 Å². The quantitative estimate of drug-likeness (QED) is 0.770. The molecule has 3 rings (SSSR count). The molecule has 0 aliphatic carbocycles. The van der Waals surface area contributed by atoms with Gasteiger partial charge in [0, 0.05) is 25.6 Å². The van der Waals surface area contributed by atoms with Crippen LogP contribution in [0.2, 0.25) is 0 Å². The lowest BCUT2D eigenvalue weighted by Crippen LogP contribution is -2.35. The zero-order valence-corrected chi connectivity index (χ0v) is 16.5. The van der Waals surface area contributed by atoms with Crippen molar-refractivity contribution in [3.8, 4) is 11.5 Å². The minimum absolute atomic E-state index is 0. The zero-order chi connectivity index (χ0) is 18.5. The van der Waals surface area contributed by atoms with E-state index in [-0.39, 0.29) is 24.9 Å². The average Bonchev–Trinajstić information content (AvgIpc) is 2.66. The van der Waals surface area contributed by atoms with Gasteiger partial charge in [-0.15, -0.1) is 12.4 Å². The number of benzene rings is 2. The number of ether oxygens (including phenoxy) is 2. The van der Waals surface area contributed by atoms with Crippen LogP contribution in [0.5, 0.6) is 11.5 Å². The summed E-state index contributed by atoms with van der Waals surface area (Å²) in [6.45, 7) is 1.70. The Balaban J connectivity index is 0.00000261. The number of fused-ring (bicyclic) bond motifs is 1. The fourth-order valence-electron chi connectivity index (χ4n) is 3.69. The van der Waals surface area contributed by atoms with Gasteiger partial charge in [0.15, 0.2) is 11.5 Å². The van der Waals surface area contributed by atoms with Crippen LogP contribution in [0.1, 0.15) is 35.6 Å². The van der Waals surface area contributed by atoms with Crippen molar-refractivity contribution >= 4 is 18.4 Å². The predicted molar refractivity (Wildman–Crippen MR) is 107 cm³/mol. The van der Waals surface area contributed by atoms with Gasteiger partial charge in [-0.3, -0.25) is 9.69 Å². The number of hydrogen-bond acceptors (Lipinski definition) is 4. The van der Waals surface area contributed by atoms with Crippen molar-refractivity contribution in [3.05, 3.63) is 59.2 Å². The van der Waals surface area contributed by atoms with E-state index >= 15 is 0 Å². The molecule has 0 bridgehead atoms. The molecule has 1 unspecified atom stereocenters. The molecule has 5 nitrogen and oxygen atoms in total. The molecule has 146 valence electrons. The summed E-state index contributed by atoms with van der Waals surface area (Å²) in [7, 11) is 3.26. The molecule has 1 aliphatic heterocycles. The summed E-state index contributed by atoms with van der Waals surface area (Å²) in [5.74, 6) is 0.644. The second kappa shape index (κ2) is 9.62. The second-order valence-electron chi connectivity index (χ2n) is 6.56. The highest BCUT2D eigenvalue weighted by Crippen LogP contribution is 2.40. The van der Waals surface area contributed by atoms with Crippen LogP contribution in [0.15, 0.2) is 42.5 Å². The van der Waals surface area contributed by atoms with Crippen molar-refractivity contribution in [2.75, 3.05) is 20.8 Å². The lowest BCUT2D eigenvalue weighted by molar-refractivity contribution is -0.137. The van der Waals surface area contributed by atoms with E-state index in [2.05, 4.69) is 17.0 Å². The molecule has 0 radical (unpaired) electrons. The van der Waals surface area contributed by atoms with E-state index < -0.39 is 5.97 Å². The number of hydrogen-bond donors (Lipinski definition) is 1. The number of rotatable bonds is 7. The smallest absolute Gasteiger partial charge is 0.303 e. The van der Waals surface area contributed by atoms with Gasteiger partial charge in [-0.25, -0.2) is 0 Å². The molecule has 0 spiro atoms. The summed E-state index contributed by atoms with van der Waals surface area (Å²) in [4.78, 5) is 13.5. The Bertz CT molecular complexity index is 766. The fraction of sp³-hybridized carbons (Fsp3) is 0.381. The lowest BCUT2D eigenvalue weighted by Gasteiger charge is -2.38. The number of nitrogens with zero attached hydrogens (tertiary/aromatic N) is 1. The number of carbonyl (C=O) groups is 1. The molecule has 27 heavy (non-hydrogen) atoms. The van der Waals surface area contributed by atoms with Crippen LogP contribution in [-0.2, 0) is 17.8 Å². The van der Waals surface area contributed by atoms with Crippen LogP contribution in [0.4, 0.5) is 0 Å². The molecule has 2 aromatic carbocycles. The van der Waals surface area contributed by atoms with Crippen LogP contribution in [-0.4, -0.2) is 36.7 Å². The lowest BCUT2D eigenvalue weighted by atomic mass is 9.89. The minimum atomic E-state index is -0.766. The molecule has 1 atom stereocenters. The van der Waals surface area contributed by atoms with E-state index in [4.69, 9.17) is 9.47 Å². The van der Waals surface area contributed by atoms with Crippen molar-refractivity contribution in [2.45, 2.75) is 31.8 Å². The molecule has 0 saturated carbocycles. The Morgan fingerprint density at radius 2 is 1.81 bits per heavy atom. The monoisotopic (exact) mass is 391 g/mol. The van der Waals surface area contributed by atoms with Gasteiger partial charge in [0.2, 0.25) is 0 Å². The molecule has 2 aromatic rings. The Morgan fingerprint density at radius 1 is 1.15 bits per heavy atom. The Morgan fingerprint density at radius 3 is 2.44 bits per heavy atom. The summed E-state index contributed by atoms with van der Waals surface area (Å²) in [6.07, 6.45) is 1.63. The fourth-order valence-corrected chi connectivity index (χ4v) is 3.69. The predicted octanol–water partition coefficient (Wildman–Crippen LogP) is 4.09. The van der Waals surface area contributed by atoms with Gasteiger partial charge < -0.3 is 14.6 Å². The molecule has 1 N–H and O–H groups in total. The van der Waals surface area contributed by atoms with E-state index in [1.807, 2.05) is 30.3 Å². The third-order valence-electron chi connectivity index (χ3n) is 4.97. The summed E-state index contributed by atoms with van der Waals surface area (Å²) >= 11 is 0. The number of aliphatic carboxylic acids is 1. The van der Waals surface area contributed by atoms with Gasteiger partial charge in [-0.05, 0) is 41.7 Å². The average molecular weight is 392 g/mol. The first-order valence-corrected chi connectivity index (χ1v) is 8.87. The van der Waals surface area contributed by atoms with Crippen LogP contribution < -0.4 is 9.47 Å². The maximum atomic E-state index is 11.2. The summed E-state index contributed by atoms with van der Waals surface area (Å²) in [5.41, 5.74) is 3.59. The number of carboxylic acid groups (broad SMARTS) is 1. The molecule has 0 saturated heterocycles. The van der Waals surface area contributed by atoms with E-state index in [0.29, 0.717) is 12.2 Å². The van der Waals surface area contributed by atoms with E-state index in [9.17, 15) is 9.90 Å². The molecular formula is C21H26ClNO4. The molecule has 1 heterocycles. The largest absolute Gasteiger partial charge is 0.493 e. The summed E-state index contributed by atoms with van der Waals surface area (Å²) in [5, 5.41) is 9.19. The first kappa shape index (κ1) is 21.1. The SMILES string of the molecule is COc1cc2c(cc1OC)C(CCC(=O)O)N(Cc1ccccc1)CC2.Cl. The normalized spacial score (nSPS) is 16.1. The van der Waals surface area contributed by atoms with Crippen molar-refractivity contribution in [3.63, 3.8) is 0 Å². The third-order valence-corrected chi connectivity index (χ3v) is 4.97. The third kappa shape index (κ3) is 4.93. The topological polar surface area (TPSA) is 59.0 Å². The Hall–Kier alpha value is -2.24. The minimum Gasteiger partial charge on any atom is -0.493 e. The van der Waals surface area contributed by atoms with Crippen molar-refractivity contribution in [2.24, 2.45) is 0 Å². The van der Waals surface area contributed by atoms with Gasteiger partial charge in [0.25, 0.3) is 0 Å². The van der Waals surface area contributed by atoms with Crippen LogP contribution in [0, 0.1) is 0 Å². The molecule has 1 aliphatic rings. The number of carboxylic acids is 1. The number of halogens is 1. The molecule has 0 fully saturated rings. The first-order valence-electron chi connectivity index (χ1n) is 8.87. The zero-order valence-electron chi connectivity index (χ0n) is 15.7. The maximum absolute atomic E-state index is 11.2. The van der Waals surface area contributed by atoms with Gasteiger partial charge in [0.05, 0.1) is 14.2 Å². The molecule has 0 amide bonds. The molecule has 6 heteroatoms. The van der Waals surface area contributed by atoms with Gasteiger partial charge in [0.1, 0.15) is 0 Å². The highest BCUT2D eigenvalue weighted by Gasteiger charge is 2.29. The molecule has 0 aromatic heterocycles. The highest BCUT2D eigenvalue weighted by atomic mass is 35.5. The van der Waals surface area contributed by atoms with Crippen LogP contribution >= 0.6 is 12.4 Å². The van der Waals surface area contributed by atoms with Gasteiger partial charge >= 0.3 is 5.97 Å². The first-order chi connectivity index (χ1) is 12.6. The van der Waals surface area contributed by atoms with E-state index in [1.165, 1.54) is 11.1 Å².